The fourth-order valence-electron chi connectivity index (χ4n) is 2.24. The molecule has 1 fully saturated rings. The summed E-state index contributed by atoms with van der Waals surface area (Å²) in [6.45, 7) is 3.30. The molecule has 1 heterocycles. The Morgan fingerprint density at radius 2 is 1.95 bits per heavy atom. The van der Waals surface area contributed by atoms with E-state index in [1.807, 2.05) is 24.3 Å². The molecule has 0 unspecified atom stereocenters. The number of halogens is 1. The Morgan fingerprint density at radius 3 is 2.71 bits per heavy atom. The summed E-state index contributed by atoms with van der Waals surface area (Å²) < 4.78 is 0. The first-order chi connectivity index (χ1) is 10.2. The molecule has 5 nitrogen and oxygen atoms in total. The molecule has 1 aromatic rings. The standard InChI is InChI=1S/C15H20ClN3O2/c16-13-4-2-12(3-5-13)6-8-18-14(20)15(21)19-10-1-7-17-9-11-19/h2-5,17H,1,6-11H2,(H,18,20). The molecule has 1 aromatic carbocycles. The Kier molecular flexibility index (Phi) is 6.02. The van der Waals surface area contributed by atoms with Crippen molar-refractivity contribution in [1.82, 2.24) is 15.5 Å². The van der Waals surface area contributed by atoms with Crippen molar-refractivity contribution < 1.29 is 9.59 Å². The van der Waals surface area contributed by atoms with Crippen molar-refractivity contribution in [1.29, 1.82) is 0 Å². The van der Waals surface area contributed by atoms with Crippen molar-refractivity contribution in [2.24, 2.45) is 0 Å². The second-order valence-corrected chi connectivity index (χ2v) is 5.46. The Morgan fingerprint density at radius 1 is 1.19 bits per heavy atom. The van der Waals surface area contributed by atoms with Gasteiger partial charge in [-0.2, -0.15) is 0 Å². The van der Waals surface area contributed by atoms with Crippen LogP contribution < -0.4 is 10.6 Å². The Hall–Kier alpha value is -1.59. The molecule has 114 valence electrons. The average molecular weight is 310 g/mol. The van der Waals surface area contributed by atoms with Crippen LogP contribution in [0.25, 0.3) is 0 Å². The number of nitrogens with zero attached hydrogens (tertiary/aromatic N) is 1. The zero-order chi connectivity index (χ0) is 15.1. The first-order valence-electron chi connectivity index (χ1n) is 7.19. The Labute approximate surface area is 129 Å². The first-order valence-corrected chi connectivity index (χ1v) is 7.57. The largest absolute Gasteiger partial charge is 0.347 e. The van der Waals surface area contributed by atoms with Gasteiger partial charge in [0, 0.05) is 31.2 Å². The van der Waals surface area contributed by atoms with E-state index in [2.05, 4.69) is 10.6 Å². The van der Waals surface area contributed by atoms with E-state index < -0.39 is 11.8 Å². The summed E-state index contributed by atoms with van der Waals surface area (Å²) >= 11 is 5.81. The molecule has 6 heteroatoms. The van der Waals surface area contributed by atoms with Gasteiger partial charge >= 0.3 is 11.8 Å². The third-order valence-electron chi connectivity index (χ3n) is 3.43. The molecular weight excluding hydrogens is 290 g/mol. The van der Waals surface area contributed by atoms with Gasteiger partial charge < -0.3 is 15.5 Å². The highest BCUT2D eigenvalue weighted by Crippen LogP contribution is 2.09. The molecule has 0 bridgehead atoms. The predicted molar refractivity (Wildman–Crippen MR) is 82.2 cm³/mol. The van der Waals surface area contributed by atoms with Crippen LogP contribution in [0.4, 0.5) is 0 Å². The number of rotatable bonds is 3. The van der Waals surface area contributed by atoms with Crippen LogP contribution in [-0.4, -0.2) is 49.4 Å². The number of carbonyl (C=O) groups excluding carboxylic acids is 2. The van der Waals surface area contributed by atoms with Crippen LogP contribution in [-0.2, 0) is 16.0 Å². The molecule has 0 atom stereocenters. The zero-order valence-corrected chi connectivity index (χ0v) is 12.7. The summed E-state index contributed by atoms with van der Waals surface area (Å²) in [5.41, 5.74) is 1.08. The molecule has 1 aliphatic heterocycles. The van der Waals surface area contributed by atoms with Gasteiger partial charge in [0.1, 0.15) is 0 Å². The molecule has 1 aliphatic rings. The minimum Gasteiger partial charge on any atom is -0.347 e. The maximum absolute atomic E-state index is 12.0. The van der Waals surface area contributed by atoms with Gasteiger partial charge in [0.15, 0.2) is 0 Å². The van der Waals surface area contributed by atoms with Crippen LogP contribution in [0.2, 0.25) is 5.02 Å². The molecule has 0 aliphatic carbocycles. The van der Waals surface area contributed by atoms with Crippen LogP contribution in [0.1, 0.15) is 12.0 Å². The van der Waals surface area contributed by atoms with Gasteiger partial charge in [0.25, 0.3) is 0 Å². The molecular formula is C15H20ClN3O2. The van der Waals surface area contributed by atoms with Crippen LogP contribution in [0.3, 0.4) is 0 Å². The average Bonchev–Trinajstić information content (AvgIpc) is 2.77. The van der Waals surface area contributed by atoms with Gasteiger partial charge in [-0.15, -0.1) is 0 Å². The number of amides is 2. The first kappa shape index (κ1) is 15.8. The van der Waals surface area contributed by atoms with E-state index in [0.29, 0.717) is 31.1 Å². The van der Waals surface area contributed by atoms with Crippen LogP contribution >= 0.6 is 11.6 Å². The van der Waals surface area contributed by atoms with E-state index in [1.165, 1.54) is 0 Å². The maximum Gasteiger partial charge on any atom is 0.311 e. The van der Waals surface area contributed by atoms with Crippen molar-refractivity contribution in [2.45, 2.75) is 12.8 Å². The van der Waals surface area contributed by atoms with Crippen molar-refractivity contribution in [2.75, 3.05) is 32.7 Å². The zero-order valence-electron chi connectivity index (χ0n) is 11.9. The quantitative estimate of drug-likeness (QED) is 0.813. The van der Waals surface area contributed by atoms with Gasteiger partial charge in [-0.05, 0) is 37.1 Å². The smallest absolute Gasteiger partial charge is 0.311 e. The van der Waals surface area contributed by atoms with Crippen molar-refractivity contribution in [3.8, 4) is 0 Å². The van der Waals surface area contributed by atoms with Gasteiger partial charge in [0.05, 0.1) is 0 Å². The Balaban J connectivity index is 1.75. The fraction of sp³-hybridized carbons (Fsp3) is 0.467. The summed E-state index contributed by atoms with van der Waals surface area (Å²) in [6.07, 6.45) is 1.56. The topological polar surface area (TPSA) is 61.4 Å². The highest BCUT2D eigenvalue weighted by atomic mass is 35.5. The van der Waals surface area contributed by atoms with Gasteiger partial charge in [-0.3, -0.25) is 9.59 Å². The van der Waals surface area contributed by atoms with Crippen LogP contribution in [0, 0.1) is 0 Å². The van der Waals surface area contributed by atoms with Crippen molar-refractivity contribution in [3.63, 3.8) is 0 Å². The van der Waals surface area contributed by atoms with E-state index in [0.717, 1.165) is 25.1 Å². The molecule has 0 aromatic heterocycles. The second kappa shape index (κ2) is 8.00. The highest BCUT2D eigenvalue weighted by Gasteiger charge is 2.21. The van der Waals surface area contributed by atoms with E-state index in [9.17, 15) is 9.59 Å². The molecule has 2 amide bonds. The molecule has 21 heavy (non-hydrogen) atoms. The fourth-order valence-corrected chi connectivity index (χ4v) is 2.37. The third kappa shape index (κ3) is 5.02. The van der Waals surface area contributed by atoms with E-state index in [-0.39, 0.29) is 0 Å². The van der Waals surface area contributed by atoms with E-state index in [1.54, 1.807) is 4.90 Å². The molecule has 2 N–H and O–H groups in total. The summed E-state index contributed by atoms with van der Waals surface area (Å²) in [4.78, 5) is 25.5. The lowest BCUT2D eigenvalue weighted by molar-refractivity contribution is -0.145. The number of carbonyl (C=O) groups is 2. The summed E-state index contributed by atoms with van der Waals surface area (Å²) in [5, 5.41) is 6.57. The summed E-state index contributed by atoms with van der Waals surface area (Å²) in [6, 6.07) is 7.45. The second-order valence-electron chi connectivity index (χ2n) is 5.03. The lowest BCUT2D eigenvalue weighted by Gasteiger charge is -2.19. The summed E-state index contributed by atoms with van der Waals surface area (Å²) in [7, 11) is 0. The Bertz CT molecular complexity index is 482. The van der Waals surface area contributed by atoms with E-state index in [4.69, 9.17) is 11.6 Å². The highest BCUT2D eigenvalue weighted by molar-refractivity contribution is 6.35. The molecule has 1 saturated heterocycles. The lowest BCUT2D eigenvalue weighted by atomic mass is 10.1. The van der Waals surface area contributed by atoms with Gasteiger partial charge in [0.2, 0.25) is 0 Å². The minimum absolute atomic E-state index is 0.435. The van der Waals surface area contributed by atoms with Crippen LogP contribution in [0.5, 0.6) is 0 Å². The minimum atomic E-state index is -0.522. The van der Waals surface area contributed by atoms with E-state index >= 15 is 0 Å². The number of hydrogen-bond donors (Lipinski definition) is 2. The predicted octanol–water partition coefficient (Wildman–Crippen LogP) is 0.821. The molecule has 2 rings (SSSR count). The molecule has 0 spiro atoms. The number of nitrogens with one attached hydrogen (secondary N) is 2. The van der Waals surface area contributed by atoms with Crippen LogP contribution in [0.15, 0.2) is 24.3 Å². The maximum atomic E-state index is 12.0. The number of hydrogen-bond acceptors (Lipinski definition) is 3. The monoisotopic (exact) mass is 309 g/mol. The molecule has 0 saturated carbocycles. The summed E-state index contributed by atoms with van der Waals surface area (Å²) in [5.74, 6) is -0.958. The van der Waals surface area contributed by atoms with Gasteiger partial charge in [-0.25, -0.2) is 0 Å². The van der Waals surface area contributed by atoms with Crippen molar-refractivity contribution in [3.05, 3.63) is 34.9 Å². The number of benzene rings is 1. The van der Waals surface area contributed by atoms with Crippen molar-refractivity contribution >= 4 is 23.4 Å². The third-order valence-corrected chi connectivity index (χ3v) is 3.69. The SMILES string of the molecule is O=C(NCCc1ccc(Cl)cc1)C(=O)N1CCCNCC1. The molecule has 0 radical (unpaired) electrons. The normalized spacial score (nSPS) is 15.4. The van der Waals surface area contributed by atoms with Gasteiger partial charge in [-0.1, -0.05) is 23.7 Å². The lowest BCUT2D eigenvalue weighted by Crippen LogP contribution is -2.44.